The lowest BCUT2D eigenvalue weighted by molar-refractivity contribution is 0.0922. The Bertz CT molecular complexity index is 334. The van der Waals surface area contributed by atoms with Crippen LogP contribution in [-0.4, -0.2) is 41.4 Å². The molecule has 17 heavy (non-hydrogen) atoms. The first kappa shape index (κ1) is 13.6. The van der Waals surface area contributed by atoms with Gasteiger partial charge in [-0.05, 0) is 13.3 Å². The second-order valence-corrected chi connectivity index (χ2v) is 3.45. The molecule has 1 aromatic rings. The molecule has 5 N–H and O–H groups in total. The number of nitrogen functional groups attached to an aromatic ring is 1. The third-order valence-electron chi connectivity index (χ3n) is 1.99. The lowest BCUT2D eigenvalue weighted by atomic mass is 10.4. The third-order valence-corrected chi connectivity index (χ3v) is 1.99. The molecule has 7 nitrogen and oxygen atoms in total. The van der Waals surface area contributed by atoms with E-state index in [4.69, 9.17) is 15.7 Å². The van der Waals surface area contributed by atoms with Crippen LogP contribution in [0.2, 0.25) is 0 Å². The zero-order valence-electron chi connectivity index (χ0n) is 9.94. The van der Waals surface area contributed by atoms with Gasteiger partial charge >= 0.3 is 0 Å². The summed E-state index contributed by atoms with van der Waals surface area (Å²) in [5, 5.41) is 11.7. The molecule has 0 radical (unpaired) electrons. The molecule has 96 valence electrons. The van der Waals surface area contributed by atoms with Crippen molar-refractivity contribution in [2.24, 2.45) is 5.84 Å². The molecule has 0 atom stereocenters. The van der Waals surface area contributed by atoms with Gasteiger partial charge in [0.1, 0.15) is 17.5 Å². The molecule has 0 aliphatic heterocycles. The number of hydrogen-bond donors (Lipinski definition) is 4. The summed E-state index contributed by atoms with van der Waals surface area (Å²) in [7, 11) is 0. The Kier molecular flexibility index (Phi) is 6.23. The molecular weight excluding hydrogens is 222 g/mol. The van der Waals surface area contributed by atoms with Crippen LogP contribution in [-0.2, 0) is 4.74 Å². The largest absolute Gasteiger partial charge is 0.394 e. The summed E-state index contributed by atoms with van der Waals surface area (Å²) in [5.74, 6) is 7.25. The van der Waals surface area contributed by atoms with E-state index in [-0.39, 0.29) is 6.61 Å². The first-order chi connectivity index (χ1) is 8.26. The maximum Gasteiger partial charge on any atom is 0.145 e. The summed E-state index contributed by atoms with van der Waals surface area (Å²) in [5.41, 5.74) is 2.48. The van der Waals surface area contributed by atoms with E-state index < -0.39 is 0 Å². The number of nitrogens with two attached hydrogens (primary N) is 1. The van der Waals surface area contributed by atoms with Crippen LogP contribution in [0.25, 0.3) is 0 Å². The number of aliphatic hydroxyl groups is 1. The molecule has 1 heterocycles. The van der Waals surface area contributed by atoms with Crippen molar-refractivity contribution in [3.05, 3.63) is 11.9 Å². The zero-order chi connectivity index (χ0) is 12.5. The number of rotatable bonds is 8. The normalized spacial score (nSPS) is 10.3. The fourth-order valence-electron chi connectivity index (χ4n) is 1.29. The number of anilines is 2. The minimum absolute atomic E-state index is 0.0596. The highest BCUT2D eigenvalue weighted by molar-refractivity contribution is 5.46. The van der Waals surface area contributed by atoms with Gasteiger partial charge < -0.3 is 20.6 Å². The van der Waals surface area contributed by atoms with Gasteiger partial charge in [-0.15, -0.1) is 0 Å². The van der Waals surface area contributed by atoms with Gasteiger partial charge in [-0.2, -0.15) is 0 Å². The topological polar surface area (TPSA) is 105 Å². The van der Waals surface area contributed by atoms with Gasteiger partial charge in [-0.1, -0.05) is 0 Å². The van der Waals surface area contributed by atoms with Crippen LogP contribution in [0, 0.1) is 6.92 Å². The lowest BCUT2D eigenvalue weighted by Crippen LogP contribution is -2.12. The molecule has 0 saturated heterocycles. The summed E-state index contributed by atoms with van der Waals surface area (Å²) >= 11 is 0. The first-order valence-corrected chi connectivity index (χ1v) is 5.51. The molecule has 0 saturated carbocycles. The van der Waals surface area contributed by atoms with Gasteiger partial charge in [-0.3, -0.25) is 0 Å². The highest BCUT2D eigenvalue weighted by Gasteiger charge is 1.99. The third kappa shape index (κ3) is 5.43. The number of aryl methyl sites for hydroxylation is 1. The van der Waals surface area contributed by atoms with Crippen LogP contribution >= 0.6 is 0 Å². The summed E-state index contributed by atoms with van der Waals surface area (Å²) in [6.45, 7) is 3.60. The highest BCUT2D eigenvalue weighted by Crippen LogP contribution is 2.09. The summed E-state index contributed by atoms with van der Waals surface area (Å²) in [6, 6.07) is 1.74. The average Bonchev–Trinajstić information content (AvgIpc) is 2.33. The van der Waals surface area contributed by atoms with E-state index in [0.29, 0.717) is 24.9 Å². The van der Waals surface area contributed by atoms with E-state index in [1.165, 1.54) is 0 Å². The van der Waals surface area contributed by atoms with Gasteiger partial charge in [0.2, 0.25) is 0 Å². The van der Waals surface area contributed by atoms with Crippen LogP contribution in [0.1, 0.15) is 12.2 Å². The molecule has 1 aromatic heterocycles. The summed E-state index contributed by atoms with van der Waals surface area (Å²) in [4.78, 5) is 8.30. The Morgan fingerprint density at radius 1 is 1.35 bits per heavy atom. The van der Waals surface area contributed by atoms with Crippen molar-refractivity contribution in [1.82, 2.24) is 9.97 Å². The van der Waals surface area contributed by atoms with Crippen molar-refractivity contribution < 1.29 is 9.84 Å². The Morgan fingerprint density at radius 2 is 2.12 bits per heavy atom. The van der Waals surface area contributed by atoms with Gasteiger partial charge in [-0.25, -0.2) is 15.8 Å². The predicted octanol–water partition coefficient (Wildman–Crippen LogP) is -0.118. The molecule has 1 rings (SSSR count). The molecule has 0 fully saturated rings. The number of nitrogens with zero attached hydrogens (tertiary/aromatic N) is 2. The monoisotopic (exact) mass is 241 g/mol. The Morgan fingerprint density at radius 3 is 2.82 bits per heavy atom. The number of aromatic nitrogens is 2. The number of aliphatic hydroxyl groups excluding tert-OH is 1. The van der Waals surface area contributed by atoms with Crippen LogP contribution in [0.15, 0.2) is 6.07 Å². The van der Waals surface area contributed by atoms with E-state index in [9.17, 15) is 0 Å². The molecule has 0 aromatic carbocycles. The molecular formula is C10H19N5O2. The van der Waals surface area contributed by atoms with Crippen LogP contribution in [0.5, 0.6) is 0 Å². The molecule has 0 amide bonds. The Balaban J connectivity index is 2.28. The number of nitrogens with one attached hydrogen (secondary N) is 2. The van der Waals surface area contributed by atoms with Gasteiger partial charge in [0.05, 0.1) is 13.2 Å². The predicted molar refractivity (Wildman–Crippen MR) is 65.6 cm³/mol. The molecule has 0 spiro atoms. The minimum Gasteiger partial charge on any atom is -0.394 e. The standard InChI is InChI=1S/C10H19N5O2/c1-8-13-9(7-10(14-8)15-11)12-3-2-5-17-6-4-16/h7,16H,2-6,11H2,1H3,(H2,12,13,14,15). The quantitative estimate of drug-likeness (QED) is 0.286. The summed E-state index contributed by atoms with van der Waals surface area (Å²) < 4.78 is 5.13. The van der Waals surface area contributed by atoms with Crippen molar-refractivity contribution in [3.63, 3.8) is 0 Å². The Labute approximate surface area is 100 Å². The SMILES string of the molecule is Cc1nc(NN)cc(NCCCOCCO)n1. The van der Waals surface area contributed by atoms with Crippen molar-refractivity contribution in [3.8, 4) is 0 Å². The fourth-order valence-corrected chi connectivity index (χ4v) is 1.29. The second-order valence-electron chi connectivity index (χ2n) is 3.45. The smallest absolute Gasteiger partial charge is 0.145 e. The molecule has 0 bridgehead atoms. The fraction of sp³-hybridized carbons (Fsp3) is 0.600. The zero-order valence-corrected chi connectivity index (χ0v) is 9.94. The van der Waals surface area contributed by atoms with Crippen LogP contribution in [0.4, 0.5) is 11.6 Å². The van der Waals surface area contributed by atoms with Crippen LogP contribution < -0.4 is 16.6 Å². The van der Waals surface area contributed by atoms with E-state index in [1.807, 2.05) is 0 Å². The minimum atomic E-state index is 0.0596. The van der Waals surface area contributed by atoms with Crippen LogP contribution in [0.3, 0.4) is 0 Å². The van der Waals surface area contributed by atoms with Crippen molar-refractivity contribution >= 4 is 11.6 Å². The molecule has 0 aliphatic rings. The van der Waals surface area contributed by atoms with E-state index in [1.54, 1.807) is 13.0 Å². The van der Waals surface area contributed by atoms with E-state index >= 15 is 0 Å². The Hall–Kier alpha value is -1.44. The number of hydrazine groups is 1. The number of ether oxygens (including phenoxy) is 1. The van der Waals surface area contributed by atoms with Crippen molar-refractivity contribution in [1.29, 1.82) is 0 Å². The van der Waals surface area contributed by atoms with E-state index in [0.717, 1.165) is 18.8 Å². The second kappa shape index (κ2) is 7.77. The van der Waals surface area contributed by atoms with E-state index in [2.05, 4.69) is 20.7 Å². The average molecular weight is 241 g/mol. The molecule has 0 unspecified atom stereocenters. The maximum atomic E-state index is 8.51. The van der Waals surface area contributed by atoms with Gasteiger partial charge in [0.15, 0.2) is 0 Å². The van der Waals surface area contributed by atoms with Gasteiger partial charge in [0, 0.05) is 19.2 Å². The maximum absolute atomic E-state index is 8.51. The first-order valence-electron chi connectivity index (χ1n) is 5.51. The van der Waals surface area contributed by atoms with Crippen molar-refractivity contribution in [2.75, 3.05) is 37.1 Å². The summed E-state index contributed by atoms with van der Waals surface area (Å²) in [6.07, 6.45) is 0.842. The highest BCUT2D eigenvalue weighted by atomic mass is 16.5. The number of hydrogen-bond acceptors (Lipinski definition) is 7. The van der Waals surface area contributed by atoms with Crippen molar-refractivity contribution in [2.45, 2.75) is 13.3 Å². The molecule has 0 aliphatic carbocycles. The van der Waals surface area contributed by atoms with Gasteiger partial charge in [0.25, 0.3) is 0 Å². The molecule has 7 heteroatoms. The lowest BCUT2D eigenvalue weighted by Gasteiger charge is -2.08.